The van der Waals surface area contributed by atoms with E-state index in [0.717, 1.165) is 38.4 Å². The van der Waals surface area contributed by atoms with Crippen LogP contribution in [0.5, 0.6) is 0 Å². The van der Waals surface area contributed by atoms with Gasteiger partial charge in [-0.25, -0.2) is 4.98 Å². The lowest BCUT2D eigenvalue weighted by atomic mass is 9.93. The number of nitrogens with two attached hydrogens (primary N) is 1. The molecule has 2 heterocycles. The fourth-order valence-corrected chi connectivity index (χ4v) is 3.01. The molecule has 2 rings (SSSR count). The van der Waals surface area contributed by atoms with Crippen molar-refractivity contribution < 1.29 is 4.74 Å². The van der Waals surface area contributed by atoms with Crippen molar-refractivity contribution in [3.05, 3.63) is 42.8 Å². The molecule has 1 aliphatic rings. The van der Waals surface area contributed by atoms with Crippen LogP contribution in [0.25, 0.3) is 0 Å². The van der Waals surface area contributed by atoms with E-state index in [4.69, 9.17) is 10.5 Å². The van der Waals surface area contributed by atoms with Gasteiger partial charge in [0.05, 0.1) is 31.3 Å². The van der Waals surface area contributed by atoms with Gasteiger partial charge in [0.15, 0.2) is 0 Å². The van der Waals surface area contributed by atoms with Gasteiger partial charge in [0.1, 0.15) is 0 Å². The summed E-state index contributed by atoms with van der Waals surface area (Å²) in [7, 11) is 0. The summed E-state index contributed by atoms with van der Waals surface area (Å²) in [4.78, 5) is 6.40. The van der Waals surface area contributed by atoms with Gasteiger partial charge in [-0.2, -0.15) is 0 Å². The second-order valence-electron chi connectivity index (χ2n) is 6.47. The van der Waals surface area contributed by atoms with Gasteiger partial charge in [-0.3, -0.25) is 0 Å². The highest BCUT2D eigenvalue weighted by Crippen LogP contribution is 2.19. The molecule has 0 saturated carbocycles. The second kappa shape index (κ2) is 8.77. The highest BCUT2D eigenvalue weighted by molar-refractivity contribution is 5.18. The first kappa shape index (κ1) is 17.6. The van der Waals surface area contributed by atoms with Gasteiger partial charge in [-0.1, -0.05) is 26.8 Å². The summed E-state index contributed by atoms with van der Waals surface area (Å²) in [6, 6.07) is 0. The third-order valence-corrected chi connectivity index (χ3v) is 4.49. The summed E-state index contributed by atoms with van der Waals surface area (Å²) in [6.45, 7) is 10.0. The van der Waals surface area contributed by atoms with Gasteiger partial charge in [0.2, 0.25) is 0 Å². The Morgan fingerprint density at radius 3 is 2.91 bits per heavy atom. The Morgan fingerprint density at radius 1 is 1.48 bits per heavy atom. The molecule has 2 atom stereocenters. The van der Waals surface area contributed by atoms with Crippen LogP contribution in [0.3, 0.4) is 0 Å². The maximum absolute atomic E-state index is 5.88. The Bertz CT molecular complexity index is 507. The van der Waals surface area contributed by atoms with Crippen molar-refractivity contribution in [2.45, 2.75) is 39.8 Å². The molecule has 23 heavy (non-hydrogen) atoms. The molecule has 1 aliphatic heterocycles. The molecule has 0 aromatic carbocycles. The van der Waals surface area contributed by atoms with Crippen molar-refractivity contribution in [1.29, 1.82) is 0 Å². The zero-order valence-electron chi connectivity index (χ0n) is 14.6. The molecule has 1 fully saturated rings. The lowest BCUT2D eigenvalue weighted by Crippen LogP contribution is -2.43. The van der Waals surface area contributed by atoms with E-state index in [9.17, 15) is 0 Å². The topological polar surface area (TPSA) is 56.3 Å². The Labute approximate surface area is 139 Å². The summed E-state index contributed by atoms with van der Waals surface area (Å²) >= 11 is 0. The summed E-state index contributed by atoms with van der Waals surface area (Å²) in [5.41, 5.74) is 6.96. The van der Waals surface area contributed by atoms with Crippen molar-refractivity contribution in [2.75, 3.05) is 19.7 Å². The van der Waals surface area contributed by atoms with E-state index in [1.165, 1.54) is 0 Å². The maximum atomic E-state index is 5.88. The van der Waals surface area contributed by atoms with Crippen LogP contribution in [0.15, 0.2) is 42.8 Å². The van der Waals surface area contributed by atoms with Gasteiger partial charge < -0.3 is 19.9 Å². The Hall–Kier alpha value is -1.75. The van der Waals surface area contributed by atoms with E-state index in [2.05, 4.69) is 47.4 Å². The van der Waals surface area contributed by atoms with E-state index in [1.54, 1.807) is 12.4 Å². The lowest BCUT2D eigenvalue weighted by Gasteiger charge is -2.35. The lowest BCUT2D eigenvalue weighted by molar-refractivity contribution is -0.0237. The number of imidazole rings is 1. The molecular formula is C18H30N4O. The minimum Gasteiger partial charge on any atom is -0.403 e. The number of morpholine rings is 1. The molecule has 5 nitrogen and oxygen atoms in total. The van der Waals surface area contributed by atoms with E-state index in [1.807, 2.05) is 12.5 Å². The molecule has 0 radical (unpaired) electrons. The predicted octanol–water partition coefficient (Wildman–Crippen LogP) is 2.62. The molecule has 0 spiro atoms. The highest BCUT2D eigenvalue weighted by atomic mass is 16.5. The van der Waals surface area contributed by atoms with Crippen molar-refractivity contribution in [1.82, 2.24) is 14.5 Å². The van der Waals surface area contributed by atoms with E-state index >= 15 is 0 Å². The number of ether oxygens (including phenoxy) is 1. The number of aromatic nitrogens is 2. The van der Waals surface area contributed by atoms with Crippen molar-refractivity contribution >= 4 is 0 Å². The number of hydrogen-bond donors (Lipinski definition) is 1. The molecule has 1 aromatic heterocycles. The summed E-state index contributed by atoms with van der Waals surface area (Å²) in [5.74, 6) is 1.24. The van der Waals surface area contributed by atoms with Crippen LogP contribution in [0.1, 0.15) is 27.2 Å². The molecule has 0 aliphatic carbocycles. The predicted molar refractivity (Wildman–Crippen MR) is 93.6 cm³/mol. The quantitative estimate of drug-likeness (QED) is 0.785. The summed E-state index contributed by atoms with van der Waals surface area (Å²) in [5, 5.41) is 0. The van der Waals surface area contributed by atoms with Crippen LogP contribution in [-0.4, -0.2) is 40.3 Å². The number of nitrogens with zero attached hydrogens (tertiary/aromatic N) is 3. The Balaban J connectivity index is 1.96. The average Bonchev–Trinajstić information content (AvgIpc) is 3.04. The minimum absolute atomic E-state index is 0.161. The molecule has 2 N–H and O–H groups in total. The average molecular weight is 318 g/mol. The van der Waals surface area contributed by atoms with Crippen LogP contribution in [0.2, 0.25) is 0 Å². The zero-order valence-corrected chi connectivity index (χ0v) is 14.6. The van der Waals surface area contributed by atoms with Crippen LogP contribution >= 0.6 is 0 Å². The van der Waals surface area contributed by atoms with Crippen LogP contribution in [0.4, 0.5) is 0 Å². The Kier molecular flexibility index (Phi) is 6.71. The fraction of sp³-hybridized carbons (Fsp3) is 0.611. The molecule has 2 unspecified atom stereocenters. The third-order valence-electron chi connectivity index (χ3n) is 4.49. The number of hydrogen-bond acceptors (Lipinski definition) is 4. The molecular weight excluding hydrogens is 288 g/mol. The monoisotopic (exact) mass is 318 g/mol. The third kappa shape index (κ3) is 5.13. The summed E-state index contributed by atoms with van der Waals surface area (Å²) < 4.78 is 7.94. The maximum Gasteiger partial charge on any atom is 0.0946 e. The molecule has 1 aromatic rings. The first-order chi connectivity index (χ1) is 11.1. The zero-order chi connectivity index (χ0) is 16.7. The highest BCUT2D eigenvalue weighted by Gasteiger charge is 2.21. The molecule has 128 valence electrons. The van der Waals surface area contributed by atoms with E-state index < -0.39 is 0 Å². The van der Waals surface area contributed by atoms with Crippen LogP contribution in [0, 0.1) is 11.8 Å². The van der Waals surface area contributed by atoms with Gasteiger partial charge in [0, 0.05) is 31.7 Å². The van der Waals surface area contributed by atoms with Crippen molar-refractivity contribution in [3.63, 3.8) is 0 Å². The Morgan fingerprint density at radius 2 is 2.30 bits per heavy atom. The van der Waals surface area contributed by atoms with E-state index in [-0.39, 0.29) is 6.10 Å². The fourth-order valence-electron chi connectivity index (χ4n) is 3.01. The van der Waals surface area contributed by atoms with Crippen LogP contribution < -0.4 is 5.73 Å². The van der Waals surface area contributed by atoms with Crippen LogP contribution in [-0.2, 0) is 11.3 Å². The first-order valence-electron chi connectivity index (χ1n) is 8.56. The van der Waals surface area contributed by atoms with Crippen molar-refractivity contribution in [3.8, 4) is 0 Å². The van der Waals surface area contributed by atoms with Gasteiger partial charge >= 0.3 is 0 Å². The number of allylic oxidation sites excluding steroid dienone is 2. The van der Waals surface area contributed by atoms with Gasteiger partial charge in [-0.15, -0.1) is 0 Å². The van der Waals surface area contributed by atoms with Crippen molar-refractivity contribution in [2.24, 2.45) is 17.6 Å². The summed E-state index contributed by atoms with van der Waals surface area (Å²) in [6.07, 6.45) is 13.1. The van der Waals surface area contributed by atoms with Gasteiger partial charge in [-0.05, 0) is 24.3 Å². The first-order valence-corrected chi connectivity index (χ1v) is 8.56. The molecule has 1 saturated heterocycles. The largest absolute Gasteiger partial charge is 0.403 e. The number of rotatable bonds is 7. The SMILES string of the molecule is CCC(/C=C\C(=C/N)N1CCOC(Cn2ccnc2)C1)C(C)C. The minimum atomic E-state index is 0.161. The second-order valence-corrected chi connectivity index (χ2v) is 6.47. The molecule has 0 bridgehead atoms. The normalized spacial score (nSPS) is 21.3. The smallest absolute Gasteiger partial charge is 0.0946 e. The van der Waals surface area contributed by atoms with E-state index in [0.29, 0.717) is 11.8 Å². The standard InChI is InChI=1S/C18H30N4O/c1-4-16(15(2)3)5-6-17(11-19)22-9-10-23-18(13-22)12-21-8-7-20-14-21/h5-8,11,14-16,18H,4,9-10,12-13,19H2,1-3H3/b6-5-,17-11+. The van der Waals surface area contributed by atoms with Gasteiger partial charge in [0.25, 0.3) is 0 Å². The molecule has 0 amide bonds. The molecule has 5 heteroatoms.